The molecule has 0 aliphatic carbocycles. The number of hydrogen-bond donors (Lipinski definition) is 1. The highest BCUT2D eigenvalue weighted by Crippen LogP contribution is 2.14. The molecule has 2 nitrogen and oxygen atoms in total. The number of benzene rings is 2. The van der Waals surface area contributed by atoms with Crippen molar-refractivity contribution in [2.75, 3.05) is 0 Å². The summed E-state index contributed by atoms with van der Waals surface area (Å²) in [5.74, 6) is -0.292. The van der Waals surface area contributed by atoms with E-state index in [4.69, 9.17) is 0 Å². The summed E-state index contributed by atoms with van der Waals surface area (Å²) in [5, 5.41) is 12.4. The molecular formula is C16H15FN2. The molecule has 0 radical (unpaired) electrons. The summed E-state index contributed by atoms with van der Waals surface area (Å²) >= 11 is 0. The van der Waals surface area contributed by atoms with E-state index >= 15 is 0 Å². The van der Waals surface area contributed by atoms with Crippen molar-refractivity contribution in [3.63, 3.8) is 0 Å². The SMILES string of the molecule is Cc1ccccc1CNC(C#N)c1ccc(F)cc1. The van der Waals surface area contributed by atoms with Gasteiger partial charge in [0, 0.05) is 6.54 Å². The smallest absolute Gasteiger partial charge is 0.123 e. The lowest BCUT2D eigenvalue weighted by atomic mass is 10.1. The molecule has 0 saturated heterocycles. The van der Waals surface area contributed by atoms with Gasteiger partial charge in [-0.25, -0.2) is 4.39 Å². The van der Waals surface area contributed by atoms with Gasteiger partial charge in [0.25, 0.3) is 0 Å². The van der Waals surface area contributed by atoms with Crippen LogP contribution in [0.4, 0.5) is 4.39 Å². The van der Waals surface area contributed by atoms with E-state index in [1.807, 2.05) is 31.2 Å². The molecule has 1 atom stereocenters. The van der Waals surface area contributed by atoms with Gasteiger partial charge in [0.15, 0.2) is 0 Å². The van der Waals surface area contributed by atoms with Crippen LogP contribution >= 0.6 is 0 Å². The Hall–Kier alpha value is -2.18. The van der Waals surface area contributed by atoms with Crippen LogP contribution in [-0.4, -0.2) is 0 Å². The maximum Gasteiger partial charge on any atom is 0.123 e. The molecule has 1 unspecified atom stereocenters. The van der Waals surface area contributed by atoms with Crippen LogP contribution in [0.5, 0.6) is 0 Å². The Morgan fingerprint density at radius 3 is 2.47 bits per heavy atom. The molecular weight excluding hydrogens is 239 g/mol. The highest BCUT2D eigenvalue weighted by Gasteiger charge is 2.10. The second-order valence-electron chi connectivity index (χ2n) is 4.42. The molecule has 0 aliphatic heterocycles. The number of aryl methyl sites for hydroxylation is 1. The van der Waals surface area contributed by atoms with Gasteiger partial charge in [0.2, 0.25) is 0 Å². The highest BCUT2D eigenvalue weighted by atomic mass is 19.1. The predicted octanol–water partition coefficient (Wildman–Crippen LogP) is 3.49. The first kappa shape index (κ1) is 13.3. The molecule has 2 rings (SSSR count). The van der Waals surface area contributed by atoms with Gasteiger partial charge < -0.3 is 0 Å². The van der Waals surface area contributed by atoms with Crippen molar-refractivity contribution in [3.05, 3.63) is 71.0 Å². The molecule has 0 amide bonds. The van der Waals surface area contributed by atoms with E-state index in [9.17, 15) is 9.65 Å². The van der Waals surface area contributed by atoms with Gasteiger partial charge in [-0.3, -0.25) is 5.32 Å². The van der Waals surface area contributed by atoms with Crippen molar-refractivity contribution >= 4 is 0 Å². The van der Waals surface area contributed by atoms with Crippen molar-refractivity contribution in [3.8, 4) is 6.07 Å². The van der Waals surface area contributed by atoms with Crippen LogP contribution in [0.2, 0.25) is 0 Å². The average Bonchev–Trinajstić information content (AvgIpc) is 2.43. The zero-order valence-electron chi connectivity index (χ0n) is 10.7. The fourth-order valence-corrected chi connectivity index (χ4v) is 1.91. The van der Waals surface area contributed by atoms with Gasteiger partial charge >= 0.3 is 0 Å². The summed E-state index contributed by atoms with van der Waals surface area (Å²) < 4.78 is 12.9. The van der Waals surface area contributed by atoms with E-state index in [2.05, 4.69) is 11.4 Å². The van der Waals surface area contributed by atoms with Gasteiger partial charge in [-0.1, -0.05) is 36.4 Å². The zero-order valence-corrected chi connectivity index (χ0v) is 10.7. The number of nitrogens with one attached hydrogen (secondary N) is 1. The van der Waals surface area contributed by atoms with Gasteiger partial charge in [0.05, 0.1) is 6.07 Å². The van der Waals surface area contributed by atoms with Crippen molar-refractivity contribution in [1.82, 2.24) is 5.32 Å². The Balaban J connectivity index is 2.07. The van der Waals surface area contributed by atoms with Crippen LogP contribution in [0, 0.1) is 24.1 Å². The first-order valence-electron chi connectivity index (χ1n) is 6.13. The van der Waals surface area contributed by atoms with E-state index in [-0.39, 0.29) is 5.82 Å². The van der Waals surface area contributed by atoms with Gasteiger partial charge in [-0.05, 0) is 35.7 Å². The monoisotopic (exact) mass is 254 g/mol. The summed E-state index contributed by atoms with van der Waals surface area (Å²) in [6.07, 6.45) is 0. The normalized spacial score (nSPS) is 11.8. The largest absolute Gasteiger partial charge is 0.294 e. The topological polar surface area (TPSA) is 35.8 Å². The molecule has 0 heterocycles. The first-order valence-corrected chi connectivity index (χ1v) is 6.13. The number of nitrogens with zero attached hydrogens (tertiary/aromatic N) is 1. The maximum atomic E-state index is 12.9. The summed E-state index contributed by atoms with van der Waals surface area (Å²) in [6.45, 7) is 2.65. The van der Waals surface area contributed by atoms with Crippen LogP contribution in [0.15, 0.2) is 48.5 Å². The van der Waals surface area contributed by atoms with E-state index < -0.39 is 6.04 Å². The molecule has 0 fully saturated rings. The molecule has 0 bridgehead atoms. The molecule has 2 aromatic rings. The van der Waals surface area contributed by atoms with Crippen molar-refractivity contribution in [2.24, 2.45) is 0 Å². The third-order valence-corrected chi connectivity index (χ3v) is 3.09. The van der Waals surface area contributed by atoms with Crippen LogP contribution in [0.25, 0.3) is 0 Å². The van der Waals surface area contributed by atoms with E-state index in [0.29, 0.717) is 6.54 Å². The fraction of sp³-hybridized carbons (Fsp3) is 0.188. The number of rotatable bonds is 4. The third kappa shape index (κ3) is 3.40. The third-order valence-electron chi connectivity index (χ3n) is 3.09. The van der Waals surface area contributed by atoms with Crippen LogP contribution in [0.3, 0.4) is 0 Å². The predicted molar refractivity (Wildman–Crippen MR) is 72.8 cm³/mol. The van der Waals surface area contributed by atoms with Crippen LogP contribution in [-0.2, 0) is 6.54 Å². The maximum absolute atomic E-state index is 12.9. The van der Waals surface area contributed by atoms with Crippen molar-refractivity contribution in [2.45, 2.75) is 19.5 Å². The molecule has 1 N–H and O–H groups in total. The molecule has 3 heteroatoms. The number of nitriles is 1. The first-order chi connectivity index (χ1) is 9.20. The van der Waals surface area contributed by atoms with Crippen molar-refractivity contribution in [1.29, 1.82) is 5.26 Å². The Morgan fingerprint density at radius 1 is 1.16 bits per heavy atom. The summed E-state index contributed by atoms with van der Waals surface area (Å²) in [5.41, 5.74) is 3.12. The second kappa shape index (κ2) is 6.12. The van der Waals surface area contributed by atoms with E-state index in [1.54, 1.807) is 12.1 Å². The molecule has 0 aliphatic rings. The number of halogens is 1. The minimum atomic E-state index is -0.430. The summed E-state index contributed by atoms with van der Waals surface area (Å²) in [7, 11) is 0. The van der Waals surface area contributed by atoms with Crippen LogP contribution < -0.4 is 5.32 Å². The molecule has 96 valence electrons. The molecule has 0 aromatic heterocycles. The molecule has 0 saturated carbocycles. The van der Waals surface area contributed by atoms with E-state index in [1.165, 1.54) is 17.7 Å². The van der Waals surface area contributed by atoms with Gasteiger partial charge in [-0.15, -0.1) is 0 Å². The Labute approximate surface area is 112 Å². The molecule has 0 spiro atoms. The standard InChI is InChI=1S/C16H15FN2/c1-12-4-2-3-5-14(12)11-19-16(10-18)13-6-8-15(17)9-7-13/h2-9,16,19H,11H2,1H3. The van der Waals surface area contributed by atoms with Crippen molar-refractivity contribution < 1.29 is 4.39 Å². The fourth-order valence-electron chi connectivity index (χ4n) is 1.91. The van der Waals surface area contributed by atoms with E-state index in [0.717, 1.165) is 11.1 Å². The number of hydrogen-bond acceptors (Lipinski definition) is 2. The Kier molecular flexibility index (Phi) is 4.27. The molecule has 19 heavy (non-hydrogen) atoms. The van der Waals surface area contributed by atoms with Crippen LogP contribution in [0.1, 0.15) is 22.7 Å². The summed E-state index contributed by atoms with van der Waals surface area (Å²) in [4.78, 5) is 0. The minimum Gasteiger partial charge on any atom is -0.294 e. The average molecular weight is 254 g/mol. The minimum absolute atomic E-state index is 0.292. The quantitative estimate of drug-likeness (QED) is 0.906. The zero-order chi connectivity index (χ0) is 13.7. The Bertz CT molecular complexity index is 584. The highest BCUT2D eigenvalue weighted by molar-refractivity contribution is 5.28. The lowest BCUT2D eigenvalue weighted by Gasteiger charge is -2.13. The second-order valence-corrected chi connectivity index (χ2v) is 4.42. The summed E-state index contributed by atoms with van der Waals surface area (Å²) in [6, 6.07) is 15.8. The van der Waals surface area contributed by atoms with Gasteiger partial charge in [-0.2, -0.15) is 5.26 Å². The lowest BCUT2D eigenvalue weighted by molar-refractivity contribution is 0.613. The molecule has 2 aromatic carbocycles. The Morgan fingerprint density at radius 2 is 1.84 bits per heavy atom. The lowest BCUT2D eigenvalue weighted by Crippen LogP contribution is -2.19. The van der Waals surface area contributed by atoms with Gasteiger partial charge in [0.1, 0.15) is 11.9 Å².